The first kappa shape index (κ1) is 17.9. The van der Waals surface area contributed by atoms with Crippen molar-refractivity contribution in [3.05, 3.63) is 95.0 Å². The minimum Gasteiger partial charge on any atom is -0.508 e. The second kappa shape index (κ2) is 7.00. The highest BCUT2D eigenvalue weighted by molar-refractivity contribution is 5.78. The van der Waals surface area contributed by atoms with Crippen LogP contribution in [0.25, 0.3) is 39.2 Å². The normalized spacial score (nSPS) is 11.1. The Hall–Kier alpha value is -4.19. The van der Waals surface area contributed by atoms with E-state index >= 15 is 0 Å². The molecule has 0 aliphatic heterocycles. The van der Waals surface area contributed by atoms with Crippen LogP contribution in [0.5, 0.6) is 5.75 Å². The van der Waals surface area contributed by atoms with E-state index in [1.54, 1.807) is 34.9 Å². The van der Waals surface area contributed by atoms with Crippen molar-refractivity contribution in [1.82, 2.24) is 14.7 Å². The van der Waals surface area contributed by atoms with Gasteiger partial charge >= 0.3 is 0 Å². The number of para-hydroxylation sites is 1. The Morgan fingerprint density at radius 1 is 0.900 bits per heavy atom. The molecular weight excluding hydrogens is 378 g/mol. The van der Waals surface area contributed by atoms with Crippen molar-refractivity contribution in [1.29, 1.82) is 0 Å². The molecule has 0 fully saturated rings. The third-order valence-electron chi connectivity index (χ3n) is 5.03. The van der Waals surface area contributed by atoms with Crippen LogP contribution in [0.3, 0.4) is 0 Å². The molecule has 2 aromatic heterocycles. The van der Waals surface area contributed by atoms with Crippen LogP contribution < -0.4 is 5.56 Å². The summed E-state index contributed by atoms with van der Waals surface area (Å²) in [4.78, 5) is 17.5. The quantitative estimate of drug-likeness (QED) is 0.478. The number of phenolic OH excluding ortho intramolecular Hbond substituents is 1. The highest BCUT2D eigenvalue weighted by Crippen LogP contribution is 2.27. The summed E-state index contributed by atoms with van der Waals surface area (Å²) in [7, 11) is 0. The summed E-state index contributed by atoms with van der Waals surface area (Å²) in [6, 6.07) is 23.5. The minimum absolute atomic E-state index is 0.0955. The van der Waals surface area contributed by atoms with Crippen LogP contribution in [0.1, 0.15) is 5.82 Å². The van der Waals surface area contributed by atoms with Gasteiger partial charge in [-0.15, -0.1) is 0 Å². The van der Waals surface area contributed by atoms with Crippen LogP contribution >= 0.6 is 0 Å². The van der Waals surface area contributed by atoms with Crippen molar-refractivity contribution in [3.63, 3.8) is 0 Å². The van der Waals surface area contributed by atoms with Gasteiger partial charge in [0.2, 0.25) is 0 Å². The topological polar surface area (TPSA) is 81.2 Å². The summed E-state index contributed by atoms with van der Waals surface area (Å²) in [5.41, 5.74) is 3.71. The van der Waals surface area contributed by atoms with Gasteiger partial charge in [-0.05, 0) is 55.5 Å². The molecule has 1 N–H and O–H groups in total. The van der Waals surface area contributed by atoms with Crippen molar-refractivity contribution < 1.29 is 9.63 Å². The lowest BCUT2D eigenvalue weighted by Gasteiger charge is -2.11. The molecule has 0 unspecified atom stereocenters. The molecule has 0 bridgehead atoms. The number of fused-ring (bicyclic) bond motifs is 1. The van der Waals surface area contributed by atoms with E-state index in [0.717, 1.165) is 16.8 Å². The van der Waals surface area contributed by atoms with Crippen molar-refractivity contribution in [2.75, 3.05) is 0 Å². The zero-order valence-corrected chi connectivity index (χ0v) is 16.1. The number of aromatic hydroxyl groups is 1. The summed E-state index contributed by atoms with van der Waals surface area (Å²) in [6.45, 7) is 1.82. The van der Waals surface area contributed by atoms with Crippen molar-refractivity contribution in [3.8, 4) is 34.0 Å². The molecule has 5 rings (SSSR count). The molecule has 3 aromatic carbocycles. The fourth-order valence-electron chi connectivity index (χ4n) is 3.50. The highest BCUT2D eigenvalue weighted by atomic mass is 16.5. The van der Waals surface area contributed by atoms with E-state index in [4.69, 9.17) is 4.52 Å². The van der Waals surface area contributed by atoms with E-state index in [1.165, 1.54) is 0 Å². The van der Waals surface area contributed by atoms with Gasteiger partial charge < -0.3 is 9.63 Å². The second-order valence-corrected chi connectivity index (χ2v) is 6.99. The Morgan fingerprint density at radius 3 is 2.37 bits per heavy atom. The monoisotopic (exact) mass is 395 g/mol. The SMILES string of the molecule is Cc1nc2ccccc2c(=O)n1-c1ccc(-c2cc(-c3ccc(O)cc3)on2)cc1. The molecule has 0 aliphatic rings. The number of rotatable bonds is 3. The fourth-order valence-corrected chi connectivity index (χ4v) is 3.50. The third-order valence-corrected chi connectivity index (χ3v) is 5.03. The Kier molecular flexibility index (Phi) is 4.17. The largest absolute Gasteiger partial charge is 0.508 e. The van der Waals surface area contributed by atoms with Crippen molar-refractivity contribution in [2.45, 2.75) is 6.92 Å². The van der Waals surface area contributed by atoms with Gasteiger partial charge in [-0.3, -0.25) is 9.36 Å². The van der Waals surface area contributed by atoms with Crippen LogP contribution in [0.4, 0.5) is 0 Å². The molecule has 0 radical (unpaired) electrons. The maximum Gasteiger partial charge on any atom is 0.265 e. The number of phenols is 1. The number of benzene rings is 3. The Bertz CT molecular complexity index is 1420. The van der Waals surface area contributed by atoms with E-state index in [-0.39, 0.29) is 11.3 Å². The van der Waals surface area contributed by atoms with Gasteiger partial charge in [0.25, 0.3) is 5.56 Å². The molecule has 146 valence electrons. The van der Waals surface area contributed by atoms with Gasteiger partial charge in [0.15, 0.2) is 5.76 Å². The van der Waals surface area contributed by atoms with Crippen LogP contribution in [-0.4, -0.2) is 19.8 Å². The predicted octanol–water partition coefficient (Wildman–Crippen LogP) is 4.72. The molecule has 0 aliphatic carbocycles. The lowest BCUT2D eigenvalue weighted by atomic mass is 10.1. The number of aromatic nitrogens is 3. The van der Waals surface area contributed by atoms with E-state index in [9.17, 15) is 9.90 Å². The number of hydrogen-bond donors (Lipinski definition) is 1. The van der Waals surface area contributed by atoms with Gasteiger partial charge in [0, 0.05) is 17.2 Å². The Balaban J connectivity index is 1.51. The van der Waals surface area contributed by atoms with Crippen LogP contribution in [0.2, 0.25) is 0 Å². The zero-order chi connectivity index (χ0) is 20.7. The molecule has 0 spiro atoms. The third kappa shape index (κ3) is 3.04. The standard InChI is InChI=1S/C24H17N3O3/c1-15-25-21-5-3-2-4-20(21)24(29)27(15)18-10-6-16(7-11-18)22-14-23(30-26-22)17-8-12-19(28)13-9-17/h2-14,28H,1H3. The lowest BCUT2D eigenvalue weighted by molar-refractivity contribution is 0.434. The lowest BCUT2D eigenvalue weighted by Crippen LogP contribution is -2.22. The minimum atomic E-state index is -0.0955. The summed E-state index contributed by atoms with van der Waals surface area (Å²) in [6.07, 6.45) is 0. The summed E-state index contributed by atoms with van der Waals surface area (Å²) in [5, 5.41) is 14.2. The van der Waals surface area contributed by atoms with Crippen molar-refractivity contribution in [2.24, 2.45) is 0 Å². The van der Waals surface area contributed by atoms with Crippen LogP contribution in [0, 0.1) is 6.92 Å². The maximum atomic E-state index is 13.0. The molecule has 0 atom stereocenters. The molecule has 5 aromatic rings. The number of aryl methyl sites for hydroxylation is 1. The Labute approximate surface area is 171 Å². The average Bonchev–Trinajstić information content (AvgIpc) is 3.25. The first-order valence-electron chi connectivity index (χ1n) is 9.45. The molecule has 0 saturated heterocycles. The molecule has 0 saturated carbocycles. The molecular formula is C24H17N3O3. The van der Waals surface area contributed by atoms with Gasteiger partial charge in [0.1, 0.15) is 17.3 Å². The highest BCUT2D eigenvalue weighted by Gasteiger charge is 2.12. The van der Waals surface area contributed by atoms with Gasteiger partial charge in [-0.25, -0.2) is 4.98 Å². The van der Waals surface area contributed by atoms with Gasteiger partial charge in [-0.1, -0.05) is 29.4 Å². The summed E-state index contributed by atoms with van der Waals surface area (Å²) < 4.78 is 7.06. The molecule has 6 heteroatoms. The average molecular weight is 395 g/mol. The predicted molar refractivity (Wildman–Crippen MR) is 115 cm³/mol. The first-order valence-corrected chi connectivity index (χ1v) is 9.45. The first-order chi connectivity index (χ1) is 14.6. The van der Waals surface area contributed by atoms with E-state index in [0.29, 0.717) is 28.2 Å². The van der Waals surface area contributed by atoms with Crippen LogP contribution in [-0.2, 0) is 0 Å². The molecule has 30 heavy (non-hydrogen) atoms. The van der Waals surface area contributed by atoms with E-state index in [2.05, 4.69) is 10.1 Å². The zero-order valence-electron chi connectivity index (χ0n) is 16.1. The maximum absolute atomic E-state index is 13.0. The second-order valence-electron chi connectivity index (χ2n) is 6.99. The van der Waals surface area contributed by atoms with E-state index in [1.807, 2.05) is 55.5 Å². The number of nitrogens with zero attached hydrogens (tertiary/aromatic N) is 3. The number of hydrogen-bond acceptors (Lipinski definition) is 5. The molecule has 0 amide bonds. The van der Waals surface area contributed by atoms with Crippen LogP contribution in [0.15, 0.2) is 88.2 Å². The molecule has 2 heterocycles. The van der Waals surface area contributed by atoms with E-state index < -0.39 is 0 Å². The molecule has 6 nitrogen and oxygen atoms in total. The smallest absolute Gasteiger partial charge is 0.265 e. The summed E-state index contributed by atoms with van der Waals surface area (Å²) >= 11 is 0. The Morgan fingerprint density at radius 2 is 1.60 bits per heavy atom. The van der Waals surface area contributed by atoms with Gasteiger partial charge in [0.05, 0.1) is 16.6 Å². The van der Waals surface area contributed by atoms with Gasteiger partial charge in [-0.2, -0.15) is 0 Å². The van der Waals surface area contributed by atoms with Crippen molar-refractivity contribution >= 4 is 10.9 Å². The summed E-state index contributed by atoms with van der Waals surface area (Å²) in [5.74, 6) is 1.44. The fraction of sp³-hybridized carbons (Fsp3) is 0.0417.